The topological polar surface area (TPSA) is 121 Å². The van der Waals surface area contributed by atoms with Gasteiger partial charge in [0.25, 0.3) is 5.56 Å². The fourth-order valence-electron chi connectivity index (χ4n) is 3.46. The molecule has 1 atom stereocenters. The number of carbonyl (C=O) groups is 1. The van der Waals surface area contributed by atoms with Crippen molar-refractivity contribution in [1.82, 2.24) is 19.9 Å². The fourth-order valence-corrected chi connectivity index (χ4v) is 3.46. The van der Waals surface area contributed by atoms with E-state index in [9.17, 15) is 14.7 Å². The molecule has 2 aromatic carbocycles. The molecule has 0 amide bonds. The van der Waals surface area contributed by atoms with Gasteiger partial charge in [-0.15, -0.1) is 0 Å². The van der Waals surface area contributed by atoms with Gasteiger partial charge in [-0.05, 0) is 42.2 Å². The molecule has 4 rings (SSSR count). The van der Waals surface area contributed by atoms with Crippen LogP contribution in [0.4, 0.5) is 0 Å². The lowest BCUT2D eigenvalue weighted by Gasteiger charge is -2.13. The molecule has 1 unspecified atom stereocenters. The van der Waals surface area contributed by atoms with Crippen LogP contribution in [0.3, 0.4) is 0 Å². The first-order valence-electron chi connectivity index (χ1n) is 9.99. The summed E-state index contributed by atoms with van der Waals surface area (Å²) in [6, 6.07) is 13.5. The molecule has 0 spiro atoms. The number of nitrogens with zero attached hydrogens (tertiary/aromatic N) is 2. The molecule has 0 aliphatic carbocycles. The average molecular weight is 418 g/mol. The molecule has 0 saturated carbocycles. The van der Waals surface area contributed by atoms with Crippen LogP contribution in [0.15, 0.2) is 53.6 Å². The third kappa shape index (κ3) is 4.18. The van der Waals surface area contributed by atoms with Crippen molar-refractivity contribution in [2.24, 2.45) is 5.92 Å². The van der Waals surface area contributed by atoms with Gasteiger partial charge in [-0.1, -0.05) is 37.3 Å². The molecule has 8 heteroatoms. The number of carboxylic acid groups (broad SMARTS) is 1. The highest BCUT2D eigenvalue weighted by Crippen LogP contribution is 2.33. The molecule has 0 radical (unpaired) electrons. The van der Waals surface area contributed by atoms with Gasteiger partial charge in [-0.3, -0.25) is 9.59 Å². The zero-order chi connectivity index (χ0) is 22.0. The Morgan fingerprint density at radius 2 is 2.00 bits per heavy atom. The Hall–Kier alpha value is -3.94. The molecule has 158 valence electrons. The summed E-state index contributed by atoms with van der Waals surface area (Å²) in [5.41, 5.74) is 3.83. The van der Waals surface area contributed by atoms with Crippen molar-refractivity contribution in [1.29, 1.82) is 0 Å². The van der Waals surface area contributed by atoms with Crippen LogP contribution in [0.5, 0.6) is 5.75 Å². The normalized spacial score (nSPS) is 12.1. The second-order valence-corrected chi connectivity index (χ2v) is 7.30. The van der Waals surface area contributed by atoms with Crippen molar-refractivity contribution in [3.05, 3.63) is 64.7 Å². The first-order chi connectivity index (χ1) is 15.0. The molecular formula is C23H22N4O4. The maximum absolute atomic E-state index is 12.3. The Balaban J connectivity index is 1.74. The van der Waals surface area contributed by atoms with E-state index in [0.717, 1.165) is 16.7 Å². The number of hydrogen-bond acceptors (Lipinski definition) is 5. The van der Waals surface area contributed by atoms with Crippen molar-refractivity contribution in [3.63, 3.8) is 0 Å². The Kier molecular flexibility index (Phi) is 5.53. The second-order valence-electron chi connectivity index (χ2n) is 7.30. The van der Waals surface area contributed by atoms with Gasteiger partial charge in [-0.2, -0.15) is 0 Å². The van der Waals surface area contributed by atoms with Gasteiger partial charge in [0.1, 0.15) is 11.6 Å². The summed E-state index contributed by atoms with van der Waals surface area (Å²) in [6.45, 7) is 4.03. The molecular weight excluding hydrogens is 396 g/mol. The SMILES string of the molecule is CCOc1cc(-c2cccc(CC(C)C(=O)O)c2)ccc1-c1nc2nc[nH]c2c(=O)[nH]1. The van der Waals surface area contributed by atoms with Gasteiger partial charge in [0, 0.05) is 0 Å². The van der Waals surface area contributed by atoms with Crippen LogP contribution >= 0.6 is 0 Å². The van der Waals surface area contributed by atoms with E-state index in [4.69, 9.17) is 4.74 Å². The van der Waals surface area contributed by atoms with Crippen molar-refractivity contribution in [2.45, 2.75) is 20.3 Å². The highest BCUT2D eigenvalue weighted by atomic mass is 16.5. The number of imidazole rings is 1. The van der Waals surface area contributed by atoms with Crippen molar-refractivity contribution >= 4 is 17.1 Å². The summed E-state index contributed by atoms with van der Waals surface area (Å²) in [7, 11) is 0. The molecule has 0 saturated heterocycles. The number of rotatable bonds is 7. The van der Waals surface area contributed by atoms with Crippen LogP contribution in [0, 0.1) is 5.92 Å². The van der Waals surface area contributed by atoms with E-state index in [0.29, 0.717) is 41.3 Å². The largest absolute Gasteiger partial charge is 0.493 e. The molecule has 0 bridgehead atoms. The summed E-state index contributed by atoms with van der Waals surface area (Å²) in [4.78, 5) is 37.6. The molecule has 2 aromatic heterocycles. The summed E-state index contributed by atoms with van der Waals surface area (Å²) >= 11 is 0. The Bertz CT molecular complexity index is 1310. The predicted octanol–water partition coefficient (Wildman–Crippen LogP) is 3.64. The van der Waals surface area contributed by atoms with E-state index in [1.54, 1.807) is 6.92 Å². The van der Waals surface area contributed by atoms with Crippen LogP contribution in [0.25, 0.3) is 33.7 Å². The van der Waals surface area contributed by atoms with Gasteiger partial charge in [0.05, 0.1) is 24.4 Å². The molecule has 2 heterocycles. The quantitative estimate of drug-likeness (QED) is 0.421. The van der Waals surface area contributed by atoms with Crippen molar-refractivity contribution in [3.8, 4) is 28.3 Å². The lowest BCUT2D eigenvalue weighted by molar-refractivity contribution is -0.141. The number of ether oxygens (including phenoxy) is 1. The first-order valence-corrected chi connectivity index (χ1v) is 9.99. The molecule has 31 heavy (non-hydrogen) atoms. The van der Waals surface area contributed by atoms with E-state index in [-0.39, 0.29) is 5.56 Å². The zero-order valence-electron chi connectivity index (χ0n) is 17.2. The van der Waals surface area contributed by atoms with Gasteiger partial charge in [0.2, 0.25) is 0 Å². The highest BCUT2D eigenvalue weighted by Gasteiger charge is 2.15. The lowest BCUT2D eigenvalue weighted by Crippen LogP contribution is -2.12. The number of aliphatic carboxylic acids is 1. The molecule has 0 aliphatic rings. The number of aromatic amines is 2. The zero-order valence-corrected chi connectivity index (χ0v) is 17.2. The summed E-state index contributed by atoms with van der Waals surface area (Å²) in [5, 5.41) is 9.18. The molecule has 8 nitrogen and oxygen atoms in total. The van der Waals surface area contributed by atoms with Gasteiger partial charge in [-0.25, -0.2) is 9.97 Å². The predicted molar refractivity (Wildman–Crippen MR) is 117 cm³/mol. The number of carboxylic acids is 1. The maximum atomic E-state index is 12.3. The van der Waals surface area contributed by atoms with Crippen LogP contribution in [-0.2, 0) is 11.2 Å². The van der Waals surface area contributed by atoms with Crippen molar-refractivity contribution in [2.75, 3.05) is 6.61 Å². The molecule has 0 aliphatic heterocycles. The lowest BCUT2D eigenvalue weighted by atomic mass is 9.96. The van der Waals surface area contributed by atoms with E-state index in [2.05, 4.69) is 19.9 Å². The molecule has 3 N–H and O–H groups in total. The third-order valence-corrected chi connectivity index (χ3v) is 5.06. The number of fused-ring (bicyclic) bond motifs is 1. The number of nitrogens with one attached hydrogen (secondary N) is 2. The van der Waals surface area contributed by atoms with Gasteiger partial charge >= 0.3 is 5.97 Å². The van der Waals surface area contributed by atoms with Crippen molar-refractivity contribution < 1.29 is 14.6 Å². The third-order valence-electron chi connectivity index (χ3n) is 5.06. The van der Waals surface area contributed by atoms with E-state index < -0.39 is 11.9 Å². The summed E-state index contributed by atoms with van der Waals surface area (Å²) < 4.78 is 5.85. The number of aromatic nitrogens is 4. The monoisotopic (exact) mass is 418 g/mol. The maximum Gasteiger partial charge on any atom is 0.306 e. The Morgan fingerprint density at radius 3 is 2.77 bits per heavy atom. The standard InChI is InChI=1S/C23H22N4O4/c1-3-31-18-11-16(15-6-4-5-14(10-15)9-13(2)23(29)30)7-8-17(18)20-26-21-19(22(28)27-20)24-12-25-21/h4-8,10-13H,3,9H2,1-2H3,(H,29,30)(H2,24,25,26,27,28). The Labute approximate surface area is 178 Å². The summed E-state index contributed by atoms with van der Waals surface area (Å²) in [5.74, 6) is -0.314. The van der Waals surface area contributed by atoms with Gasteiger partial charge in [0.15, 0.2) is 11.2 Å². The Morgan fingerprint density at radius 1 is 1.19 bits per heavy atom. The number of H-pyrrole nitrogens is 2. The smallest absolute Gasteiger partial charge is 0.306 e. The first kappa shape index (κ1) is 20.3. The molecule has 0 fully saturated rings. The van der Waals surface area contributed by atoms with Crippen LogP contribution in [-0.4, -0.2) is 37.6 Å². The summed E-state index contributed by atoms with van der Waals surface area (Å²) in [6.07, 6.45) is 1.88. The van der Waals surface area contributed by atoms with Crippen LogP contribution < -0.4 is 10.3 Å². The average Bonchev–Trinajstić information content (AvgIpc) is 3.23. The minimum absolute atomic E-state index is 0.302. The highest BCUT2D eigenvalue weighted by molar-refractivity contribution is 5.77. The second kappa shape index (κ2) is 8.43. The number of benzene rings is 2. The van der Waals surface area contributed by atoms with Crippen LogP contribution in [0.2, 0.25) is 0 Å². The number of hydrogen-bond donors (Lipinski definition) is 3. The van der Waals surface area contributed by atoms with Gasteiger partial charge < -0.3 is 19.8 Å². The minimum Gasteiger partial charge on any atom is -0.493 e. The van der Waals surface area contributed by atoms with E-state index >= 15 is 0 Å². The van der Waals surface area contributed by atoms with E-state index in [1.807, 2.05) is 49.4 Å². The van der Waals surface area contributed by atoms with Crippen LogP contribution in [0.1, 0.15) is 19.4 Å². The molecule has 4 aromatic rings. The van der Waals surface area contributed by atoms with E-state index in [1.165, 1.54) is 6.33 Å². The fraction of sp³-hybridized carbons (Fsp3) is 0.217. The minimum atomic E-state index is -0.816.